The first-order valence-corrected chi connectivity index (χ1v) is 9.85. The lowest BCUT2D eigenvalue weighted by molar-refractivity contribution is -0.167. The number of hydrogen-bond acceptors (Lipinski definition) is 6. The first kappa shape index (κ1) is 17.9. The van der Waals surface area contributed by atoms with Gasteiger partial charge in [0, 0.05) is 17.1 Å². The van der Waals surface area contributed by atoms with Crippen LogP contribution in [0.25, 0.3) is 0 Å². The quantitative estimate of drug-likeness (QED) is 0.740. The Bertz CT molecular complexity index is 912. The van der Waals surface area contributed by atoms with Crippen LogP contribution in [0, 0.1) is 12.8 Å². The van der Waals surface area contributed by atoms with Gasteiger partial charge in [-0.05, 0) is 26.0 Å². The zero-order valence-corrected chi connectivity index (χ0v) is 15.8. The van der Waals surface area contributed by atoms with E-state index in [1.807, 2.05) is 49.4 Å². The van der Waals surface area contributed by atoms with Gasteiger partial charge in [-0.15, -0.1) is 0 Å². The SMILES string of the molecule is CCO[C@H]1OC(=O)[C@@]2([S@](=O)c3ccc(C)cc3)ON=C(c3ccccc3)[C@@H]12. The third-order valence-corrected chi connectivity index (χ3v) is 6.42. The lowest BCUT2D eigenvalue weighted by Crippen LogP contribution is -2.47. The smallest absolute Gasteiger partial charge is 0.370 e. The van der Waals surface area contributed by atoms with E-state index < -0.39 is 33.9 Å². The molecule has 2 aromatic rings. The Hall–Kier alpha value is -2.51. The van der Waals surface area contributed by atoms with Crippen LogP contribution in [-0.2, 0) is 29.9 Å². The highest BCUT2D eigenvalue weighted by Gasteiger charge is 2.70. The molecule has 0 amide bonds. The average Bonchev–Trinajstić information content (AvgIpc) is 3.21. The van der Waals surface area contributed by atoms with E-state index in [0.717, 1.165) is 11.1 Å². The molecule has 2 aliphatic heterocycles. The lowest BCUT2D eigenvalue weighted by Gasteiger charge is -2.23. The molecule has 0 bridgehead atoms. The highest BCUT2D eigenvalue weighted by molar-refractivity contribution is 7.87. The highest BCUT2D eigenvalue weighted by atomic mass is 32.2. The van der Waals surface area contributed by atoms with E-state index in [2.05, 4.69) is 5.16 Å². The van der Waals surface area contributed by atoms with Gasteiger partial charge in [-0.2, -0.15) is 0 Å². The Morgan fingerprint density at radius 2 is 1.85 bits per heavy atom. The van der Waals surface area contributed by atoms with Crippen LogP contribution in [0.2, 0.25) is 0 Å². The van der Waals surface area contributed by atoms with Gasteiger partial charge in [0.05, 0.1) is 0 Å². The van der Waals surface area contributed by atoms with Gasteiger partial charge in [0.15, 0.2) is 0 Å². The summed E-state index contributed by atoms with van der Waals surface area (Å²) in [5, 5.41) is 4.15. The fourth-order valence-electron chi connectivity index (χ4n) is 3.34. The molecule has 1 saturated heterocycles. The third-order valence-electron chi connectivity index (χ3n) is 4.67. The lowest BCUT2D eigenvalue weighted by atomic mass is 9.93. The van der Waals surface area contributed by atoms with Crippen LogP contribution in [0.1, 0.15) is 18.1 Å². The molecule has 0 unspecified atom stereocenters. The van der Waals surface area contributed by atoms with Crippen LogP contribution in [0.3, 0.4) is 0 Å². The van der Waals surface area contributed by atoms with Gasteiger partial charge in [0.1, 0.15) is 22.4 Å². The minimum atomic E-state index is -1.83. The van der Waals surface area contributed by atoms with Crippen molar-refractivity contribution in [1.29, 1.82) is 0 Å². The summed E-state index contributed by atoms with van der Waals surface area (Å²) in [5.74, 6) is -1.45. The Labute approximate surface area is 159 Å². The largest absolute Gasteiger partial charge is 0.431 e. The number of carbonyl (C=O) groups excluding carboxylic acids is 1. The molecule has 6 nitrogen and oxygen atoms in total. The van der Waals surface area contributed by atoms with Crippen LogP contribution < -0.4 is 0 Å². The number of ether oxygens (including phenoxy) is 2. The second kappa shape index (κ2) is 6.90. The molecule has 2 aromatic carbocycles. The van der Waals surface area contributed by atoms with Crippen molar-refractivity contribution < 1.29 is 23.3 Å². The maximum Gasteiger partial charge on any atom is 0.370 e. The minimum Gasteiger partial charge on any atom is -0.431 e. The number of cyclic esters (lactones) is 1. The van der Waals surface area contributed by atoms with Crippen LogP contribution in [0.4, 0.5) is 0 Å². The standard InChI is InChI=1S/C20H19NO5S/c1-3-24-18-16-17(14-7-5-4-6-8-14)21-26-20(16,19(22)25-18)27(23)15-11-9-13(2)10-12-15/h4-12,16,18H,3H2,1-2H3/t16-,18-,20+,27+/m0/s1. The fourth-order valence-corrected chi connectivity index (χ4v) is 4.83. The van der Waals surface area contributed by atoms with E-state index in [0.29, 0.717) is 17.2 Å². The van der Waals surface area contributed by atoms with Gasteiger partial charge in [0.2, 0.25) is 6.29 Å². The van der Waals surface area contributed by atoms with E-state index in [9.17, 15) is 9.00 Å². The summed E-state index contributed by atoms with van der Waals surface area (Å²) < 4.78 is 24.5. The van der Waals surface area contributed by atoms with Crippen molar-refractivity contribution in [3.8, 4) is 0 Å². The predicted molar refractivity (Wildman–Crippen MR) is 99.4 cm³/mol. The number of carbonyl (C=O) groups is 1. The number of benzene rings is 2. The molecule has 4 atom stereocenters. The molecule has 0 aliphatic carbocycles. The zero-order valence-electron chi connectivity index (χ0n) is 15.0. The van der Waals surface area contributed by atoms with Crippen molar-refractivity contribution in [2.75, 3.05) is 6.61 Å². The molecule has 0 saturated carbocycles. The monoisotopic (exact) mass is 385 g/mol. The van der Waals surface area contributed by atoms with E-state index in [1.165, 1.54) is 0 Å². The summed E-state index contributed by atoms with van der Waals surface area (Å²) in [7, 11) is -1.83. The van der Waals surface area contributed by atoms with Gasteiger partial charge in [-0.1, -0.05) is 53.2 Å². The van der Waals surface area contributed by atoms with Gasteiger partial charge in [-0.25, -0.2) is 9.00 Å². The maximum atomic E-state index is 13.5. The van der Waals surface area contributed by atoms with Crippen molar-refractivity contribution in [1.82, 2.24) is 0 Å². The predicted octanol–water partition coefficient (Wildman–Crippen LogP) is 2.77. The number of hydrogen-bond donors (Lipinski definition) is 0. The van der Waals surface area contributed by atoms with E-state index in [-0.39, 0.29) is 0 Å². The molecule has 0 N–H and O–H groups in total. The highest BCUT2D eigenvalue weighted by Crippen LogP contribution is 2.47. The van der Waals surface area contributed by atoms with Gasteiger partial charge < -0.3 is 14.3 Å². The molecule has 7 heteroatoms. The van der Waals surface area contributed by atoms with Crippen molar-refractivity contribution in [2.45, 2.75) is 30.0 Å². The second-order valence-electron chi connectivity index (χ2n) is 6.39. The summed E-state index contributed by atoms with van der Waals surface area (Å²) in [6.45, 7) is 4.08. The summed E-state index contributed by atoms with van der Waals surface area (Å²) in [6.07, 6.45) is -0.904. The normalized spacial score (nSPS) is 27.5. The summed E-state index contributed by atoms with van der Waals surface area (Å²) in [5.41, 5.74) is 2.30. The topological polar surface area (TPSA) is 74.2 Å². The Balaban J connectivity index is 1.79. The number of rotatable bonds is 5. The molecule has 0 radical (unpaired) electrons. The van der Waals surface area contributed by atoms with Gasteiger partial charge >= 0.3 is 10.9 Å². The van der Waals surface area contributed by atoms with E-state index in [4.69, 9.17) is 14.3 Å². The van der Waals surface area contributed by atoms with E-state index >= 15 is 0 Å². The average molecular weight is 385 g/mol. The van der Waals surface area contributed by atoms with Crippen LogP contribution in [0.15, 0.2) is 64.6 Å². The number of oxime groups is 1. The molecule has 140 valence electrons. The van der Waals surface area contributed by atoms with Crippen molar-refractivity contribution >= 4 is 22.5 Å². The minimum absolute atomic E-state index is 0.337. The molecule has 2 heterocycles. The molecule has 0 spiro atoms. The Morgan fingerprint density at radius 1 is 1.15 bits per heavy atom. The molecule has 1 fully saturated rings. The van der Waals surface area contributed by atoms with Gasteiger partial charge in [-0.3, -0.25) is 0 Å². The van der Waals surface area contributed by atoms with Crippen LogP contribution in [-0.4, -0.2) is 33.7 Å². The molecule has 2 aliphatic rings. The second-order valence-corrected chi connectivity index (χ2v) is 8.01. The summed E-state index contributed by atoms with van der Waals surface area (Å²) >= 11 is 0. The molecule has 27 heavy (non-hydrogen) atoms. The number of aryl methyl sites for hydroxylation is 1. The van der Waals surface area contributed by atoms with Crippen LogP contribution in [0.5, 0.6) is 0 Å². The Kier molecular flexibility index (Phi) is 4.57. The van der Waals surface area contributed by atoms with Crippen LogP contribution >= 0.6 is 0 Å². The summed E-state index contributed by atoms with van der Waals surface area (Å²) in [6, 6.07) is 16.5. The molecular formula is C20H19NO5S. The number of fused-ring (bicyclic) bond motifs is 1. The molecule has 0 aromatic heterocycles. The van der Waals surface area contributed by atoms with E-state index in [1.54, 1.807) is 19.1 Å². The van der Waals surface area contributed by atoms with Gasteiger partial charge in [0.25, 0.3) is 0 Å². The number of esters is 1. The zero-order chi connectivity index (χ0) is 19.0. The fraction of sp³-hybridized carbons (Fsp3) is 0.300. The van der Waals surface area contributed by atoms with Crippen molar-refractivity contribution in [3.05, 3.63) is 65.7 Å². The Morgan fingerprint density at radius 3 is 2.52 bits per heavy atom. The summed E-state index contributed by atoms with van der Waals surface area (Å²) in [4.78, 5) is 17.2. The molecular weight excluding hydrogens is 366 g/mol. The van der Waals surface area contributed by atoms with Crippen molar-refractivity contribution in [2.24, 2.45) is 11.1 Å². The third kappa shape index (κ3) is 2.78. The first-order valence-electron chi connectivity index (χ1n) is 8.70. The number of nitrogens with zero attached hydrogens (tertiary/aromatic N) is 1. The first-order chi connectivity index (χ1) is 13.1. The maximum absolute atomic E-state index is 13.5. The molecule has 4 rings (SSSR count). The van der Waals surface area contributed by atoms with Crippen molar-refractivity contribution in [3.63, 3.8) is 0 Å².